The van der Waals surface area contributed by atoms with Gasteiger partial charge in [-0.25, -0.2) is 9.50 Å². The standard InChI is InChI=1S/C25H22ClN3O/c1-15(2)16-3-5-17(6-4-16)19-11-23-22(24(30)12-19)14-29-25(28-23)21(13-27-29)18-7-9-20(26)10-8-18/h3-10,13-15,19H,11-12H2,1-2H3. The number of ketones is 1. The van der Waals surface area contributed by atoms with Gasteiger partial charge in [-0.2, -0.15) is 5.10 Å². The smallest absolute Gasteiger partial charge is 0.166 e. The SMILES string of the molecule is CC(C)c1ccc(C2CC(=O)c3cn4ncc(-c5ccc(Cl)cc5)c4nc3C2)cc1. The number of carbonyl (C=O) groups is 1. The van der Waals surface area contributed by atoms with Gasteiger partial charge in [0.05, 0.1) is 17.5 Å². The number of hydrogen-bond acceptors (Lipinski definition) is 3. The van der Waals surface area contributed by atoms with E-state index in [2.05, 4.69) is 43.2 Å². The van der Waals surface area contributed by atoms with Crippen molar-refractivity contribution in [2.45, 2.75) is 38.5 Å². The van der Waals surface area contributed by atoms with Crippen LogP contribution in [0.25, 0.3) is 16.8 Å². The maximum Gasteiger partial charge on any atom is 0.166 e. The average molecular weight is 416 g/mol. The Bertz CT molecular complexity index is 1240. The van der Waals surface area contributed by atoms with Crippen LogP contribution in [0.15, 0.2) is 60.9 Å². The number of Topliss-reactive ketones (excluding diaryl/α,β-unsaturated/α-hetero) is 1. The number of rotatable bonds is 3. The Balaban J connectivity index is 1.53. The number of fused-ring (bicyclic) bond motifs is 2. The first-order valence-corrected chi connectivity index (χ1v) is 10.6. The van der Waals surface area contributed by atoms with Gasteiger partial charge in [0.2, 0.25) is 0 Å². The lowest BCUT2D eigenvalue weighted by Gasteiger charge is -2.23. The van der Waals surface area contributed by atoms with Crippen LogP contribution >= 0.6 is 11.6 Å². The molecule has 2 aromatic carbocycles. The summed E-state index contributed by atoms with van der Waals surface area (Å²) in [7, 11) is 0. The third-order valence-corrected chi connectivity index (χ3v) is 6.23. The van der Waals surface area contributed by atoms with Crippen LogP contribution in [0.3, 0.4) is 0 Å². The summed E-state index contributed by atoms with van der Waals surface area (Å²) in [6.07, 6.45) is 4.89. The highest BCUT2D eigenvalue weighted by molar-refractivity contribution is 6.30. The first kappa shape index (κ1) is 19.0. The van der Waals surface area contributed by atoms with E-state index in [0.717, 1.165) is 28.9 Å². The predicted molar refractivity (Wildman–Crippen MR) is 119 cm³/mol. The first-order chi connectivity index (χ1) is 14.5. The van der Waals surface area contributed by atoms with Gasteiger partial charge in [-0.1, -0.05) is 61.8 Å². The zero-order chi connectivity index (χ0) is 20.8. The molecule has 1 aliphatic rings. The average Bonchev–Trinajstić information content (AvgIpc) is 3.16. The van der Waals surface area contributed by atoms with Crippen LogP contribution in [0.2, 0.25) is 5.02 Å². The molecule has 0 spiro atoms. The van der Waals surface area contributed by atoms with Crippen molar-refractivity contribution < 1.29 is 4.79 Å². The maximum absolute atomic E-state index is 12.9. The molecule has 1 atom stereocenters. The van der Waals surface area contributed by atoms with Crippen LogP contribution in [0.4, 0.5) is 0 Å². The Morgan fingerprint density at radius 3 is 2.43 bits per heavy atom. The summed E-state index contributed by atoms with van der Waals surface area (Å²) >= 11 is 6.03. The van der Waals surface area contributed by atoms with Gasteiger partial charge in [-0.05, 0) is 47.1 Å². The monoisotopic (exact) mass is 415 g/mol. The van der Waals surface area contributed by atoms with Crippen LogP contribution in [-0.4, -0.2) is 20.4 Å². The van der Waals surface area contributed by atoms with E-state index in [-0.39, 0.29) is 11.7 Å². The molecular weight excluding hydrogens is 394 g/mol. The molecule has 4 aromatic rings. The van der Waals surface area contributed by atoms with Crippen molar-refractivity contribution in [1.82, 2.24) is 14.6 Å². The molecule has 5 rings (SSSR count). The molecule has 1 unspecified atom stereocenters. The van der Waals surface area contributed by atoms with Gasteiger partial charge in [0.1, 0.15) is 0 Å². The molecule has 30 heavy (non-hydrogen) atoms. The number of halogens is 1. The number of carbonyl (C=O) groups excluding carboxylic acids is 1. The summed E-state index contributed by atoms with van der Waals surface area (Å²) in [5, 5.41) is 5.12. The highest BCUT2D eigenvalue weighted by atomic mass is 35.5. The lowest BCUT2D eigenvalue weighted by molar-refractivity contribution is 0.0962. The lowest BCUT2D eigenvalue weighted by atomic mass is 9.81. The summed E-state index contributed by atoms with van der Waals surface area (Å²) in [6, 6.07) is 16.3. The topological polar surface area (TPSA) is 47.3 Å². The van der Waals surface area contributed by atoms with E-state index in [1.807, 2.05) is 30.5 Å². The van der Waals surface area contributed by atoms with Crippen molar-refractivity contribution >= 4 is 23.0 Å². The minimum atomic E-state index is 0.132. The fourth-order valence-electron chi connectivity index (χ4n) is 4.20. The molecule has 150 valence electrons. The molecule has 2 aromatic heterocycles. The molecule has 0 N–H and O–H groups in total. The fourth-order valence-corrected chi connectivity index (χ4v) is 4.32. The van der Waals surface area contributed by atoms with E-state index in [9.17, 15) is 4.79 Å². The normalized spacial score (nSPS) is 16.3. The van der Waals surface area contributed by atoms with Gasteiger partial charge in [-0.15, -0.1) is 0 Å². The van der Waals surface area contributed by atoms with E-state index in [1.54, 1.807) is 10.7 Å². The van der Waals surface area contributed by atoms with Gasteiger partial charge in [0, 0.05) is 23.2 Å². The Morgan fingerprint density at radius 2 is 1.73 bits per heavy atom. The zero-order valence-corrected chi connectivity index (χ0v) is 17.7. The van der Waals surface area contributed by atoms with Crippen LogP contribution < -0.4 is 0 Å². The third kappa shape index (κ3) is 3.31. The van der Waals surface area contributed by atoms with Crippen LogP contribution in [0, 0.1) is 0 Å². The zero-order valence-electron chi connectivity index (χ0n) is 17.0. The molecule has 2 heterocycles. The summed E-state index contributed by atoms with van der Waals surface area (Å²) in [5.74, 6) is 0.783. The van der Waals surface area contributed by atoms with Crippen molar-refractivity contribution in [2.75, 3.05) is 0 Å². The van der Waals surface area contributed by atoms with Crippen molar-refractivity contribution in [1.29, 1.82) is 0 Å². The minimum absolute atomic E-state index is 0.132. The van der Waals surface area contributed by atoms with Crippen molar-refractivity contribution in [3.05, 3.63) is 88.3 Å². The largest absolute Gasteiger partial charge is 0.294 e. The Kier molecular flexibility index (Phi) is 4.67. The summed E-state index contributed by atoms with van der Waals surface area (Å²) in [4.78, 5) is 17.8. The van der Waals surface area contributed by atoms with Crippen molar-refractivity contribution in [2.24, 2.45) is 0 Å². The summed E-state index contributed by atoms with van der Waals surface area (Å²) in [6.45, 7) is 4.38. The Labute approximate surface area is 180 Å². The van der Waals surface area contributed by atoms with Gasteiger partial charge >= 0.3 is 0 Å². The van der Waals surface area contributed by atoms with E-state index in [4.69, 9.17) is 16.6 Å². The number of aromatic nitrogens is 3. The molecule has 0 radical (unpaired) electrons. The summed E-state index contributed by atoms with van der Waals surface area (Å²) in [5.41, 5.74) is 6.75. The highest BCUT2D eigenvalue weighted by Gasteiger charge is 2.28. The molecule has 0 saturated heterocycles. The van der Waals surface area contributed by atoms with Crippen LogP contribution in [-0.2, 0) is 6.42 Å². The van der Waals surface area contributed by atoms with Crippen LogP contribution in [0.1, 0.15) is 59.3 Å². The summed E-state index contributed by atoms with van der Waals surface area (Å²) < 4.78 is 1.71. The van der Waals surface area contributed by atoms with E-state index >= 15 is 0 Å². The quantitative estimate of drug-likeness (QED) is 0.407. The second kappa shape index (κ2) is 7.37. The number of nitrogens with zero attached hydrogens (tertiary/aromatic N) is 3. The molecule has 4 nitrogen and oxygen atoms in total. The molecule has 0 fully saturated rings. The molecule has 0 bridgehead atoms. The van der Waals surface area contributed by atoms with E-state index in [1.165, 1.54) is 11.1 Å². The second-order valence-electron chi connectivity index (χ2n) is 8.28. The maximum atomic E-state index is 12.9. The molecule has 5 heteroatoms. The van der Waals surface area contributed by atoms with Gasteiger partial charge in [0.25, 0.3) is 0 Å². The third-order valence-electron chi connectivity index (χ3n) is 5.97. The van der Waals surface area contributed by atoms with Crippen molar-refractivity contribution in [3.63, 3.8) is 0 Å². The highest BCUT2D eigenvalue weighted by Crippen LogP contribution is 2.34. The van der Waals surface area contributed by atoms with Gasteiger partial charge < -0.3 is 0 Å². The van der Waals surface area contributed by atoms with Gasteiger partial charge in [0.15, 0.2) is 11.4 Å². The number of hydrogen-bond donors (Lipinski definition) is 0. The molecule has 0 aliphatic heterocycles. The lowest BCUT2D eigenvalue weighted by Crippen LogP contribution is -2.21. The van der Waals surface area contributed by atoms with Gasteiger partial charge in [-0.3, -0.25) is 4.79 Å². The van der Waals surface area contributed by atoms with Crippen molar-refractivity contribution in [3.8, 4) is 11.1 Å². The second-order valence-corrected chi connectivity index (χ2v) is 8.72. The fraction of sp³-hybridized carbons (Fsp3) is 0.240. The predicted octanol–water partition coefficient (Wildman–Crippen LogP) is 6.09. The first-order valence-electron chi connectivity index (χ1n) is 10.3. The Morgan fingerprint density at radius 1 is 1.00 bits per heavy atom. The van der Waals surface area contributed by atoms with Crippen LogP contribution in [0.5, 0.6) is 0 Å². The van der Waals surface area contributed by atoms with E-state index in [0.29, 0.717) is 22.9 Å². The van der Waals surface area contributed by atoms with E-state index < -0.39 is 0 Å². The Hall–Kier alpha value is -2.98. The molecular formula is C25H22ClN3O. The molecule has 0 saturated carbocycles. The molecule has 0 amide bonds. The number of benzene rings is 2. The minimum Gasteiger partial charge on any atom is -0.294 e. The molecule has 1 aliphatic carbocycles.